The van der Waals surface area contributed by atoms with E-state index in [4.69, 9.17) is 4.74 Å². The van der Waals surface area contributed by atoms with E-state index in [1.165, 1.54) is 0 Å². The van der Waals surface area contributed by atoms with Crippen LogP contribution >= 0.6 is 10.0 Å². The van der Waals surface area contributed by atoms with E-state index in [1.54, 1.807) is 11.2 Å². The number of nitrogens with one attached hydrogen (secondary N) is 1. The van der Waals surface area contributed by atoms with E-state index < -0.39 is 10.0 Å². The summed E-state index contributed by atoms with van der Waals surface area (Å²) in [5.74, 6) is 0.828. The quantitative estimate of drug-likeness (QED) is 0.797. The number of carbonyl (C=O) groups excluding carboxylic acids is 2. The predicted octanol–water partition coefficient (Wildman–Crippen LogP) is 2.15. The topological polar surface area (TPSA) is 76.5 Å². The van der Waals surface area contributed by atoms with Crippen molar-refractivity contribution >= 4 is 38.7 Å². The number of aromatic nitrogens is 2. The van der Waals surface area contributed by atoms with Crippen molar-refractivity contribution in [3.05, 3.63) is 24.5 Å². The first-order chi connectivity index (χ1) is 11.8. The molecule has 25 heavy (non-hydrogen) atoms. The van der Waals surface area contributed by atoms with Gasteiger partial charge in [0.15, 0.2) is 0 Å². The van der Waals surface area contributed by atoms with Gasteiger partial charge in [-0.1, -0.05) is 0 Å². The minimum Gasteiger partial charge on any atom is -0.360 e. The van der Waals surface area contributed by atoms with Crippen LogP contribution in [0.1, 0.15) is 6.42 Å². The van der Waals surface area contributed by atoms with E-state index in [0.717, 1.165) is 29.1 Å². The molecule has 1 aromatic heterocycles. The van der Waals surface area contributed by atoms with Crippen molar-refractivity contribution in [1.82, 2.24) is 14.9 Å². The highest BCUT2D eigenvalue weighted by Crippen LogP contribution is 2.33. The minimum atomic E-state index is -0.568. The number of ether oxygens (including phenoxy) is 1. The Hall–Kier alpha value is -2.06. The summed E-state index contributed by atoms with van der Waals surface area (Å²) in [5.41, 5.74) is 2.51. The fourth-order valence-electron chi connectivity index (χ4n) is 2.60. The van der Waals surface area contributed by atoms with Gasteiger partial charge in [0.05, 0.1) is 24.0 Å². The fourth-order valence-corrected chi connectivity index (χ4v) is 3.22. The van der Waals surface area contributed by atoms with Gasteiger partial charge in [0.1, 0.15) is 6.73 Å². The smallest absolute Gasteiger partial charge is 0.328 e. The summed E-state index contributed by atoms with van der Waals surface area (Å²) in [6.07, 6.45) is 8.86. The molecule has 0 bridgehead atoms. The van der Waals surface area contributed by atoms with Crippen LogP contribution in [0.15, 0.2) is 24.5 Å². The molecule has 1 aliphatic heterocycles. The Morgan fingerprint density at radius 3 is 2.80 bits per heavy atom. The third kappa shape index (κ3) is 4.32. The maximum atomic E-state index is 12.0. The number of fused-ring (bicyclic) bond motifs is 1. The first kappa shape index (κ1) is 17.8. The van der Waals surface area contributed by atoms with Crippen LogP contribution in [0.5, 0.6) is 0 Å². The SMILES string of the molecule is CS(C)(C)CCOCn1cnc2ccc(N3CCC(=O)NC3=O)cc21. The Labute approximate surface area is 148 Å². The van der Waals surface area contributed by atoms with Gasteiger partial charge >= 0.3 is 6.03 Å². The molecular formula is C17H24N4O3S. The number of nitrogens with zero attached hydrogens (tertiary/aromatic N) is 3. The second-order valence-corrected chi connectivity index (χ2v) is 11.6. The summed E-state index contributed by atoms with van der Waals surface area (Å²) < 4.78 is 7.72. The number of hydrogen-bond donors (Lipinski definition) is 1. The maximum absolute atomic E-state index is 12.0. The van der Waals surface area contributed by atoms with E-state index in [0.29, 0.717) is 19.7 Å². The molecule has 0 atom stereocenters. The summed E-state index contributed by atoms with van der Waals surface area (Å²) in [4.78, 5) is 29.3. The monoisotopic (exact) mass is 364 g/mol. The van der Waals surface area contributed by atoms with Gasteiger partial charge < -0.3 is 9.30 Å². The molecule has 0 spiro atoms. The van der Waals surface area contributed by atoms with Gasteiger partial charge in [-0.2, -0.15) is 0 Å². The highest BCUT2D eigenvalue weighted by Gasteiger charge is 2.24. The van der Waals surface area contributed by atoms with Gasteiger partial charge in [-0.05, 0) is 37.0 Å². The predicted molar refractivity (Wildman–Crippen MR) is 101 cm³/mol. The van der Waals surface area contributed by atoms with Crippen molar-refractivity contribution in [2.24, 2.45) is 0 Å². The molecule has 8 heteroatoms. The van der Waals surface area contributed by atoms with Crippen molar-refractivity contribution in [2.45, 2.75) is 13.2 Å². The molecule has 0 saturated carbocycles. The van der Waals surface area contributed by atoms with Crippen molar-refractivity contribution < 1.29 is 14.3 Å². The highest BCUT2D eigenvalue weighted by atomic mass is 32.3. The Kier molecular flexibility index (Phi) is 5.01. The Morgan fingerprint density at radius 2 is 2.08 bits per heavy atom. The molecule has 0 unspecified atom stereocenters. The molecule has 1 N–H and O–H groups in total. The van der Waals surface area contributed by atoms with Crippen LogP contribution in [-0.4, -0.2) is 59.2 Å². The van der Waals surface area contributed by atoms with Gasteiger partial charge in [0, 0.05) is 24.4 Å². The van der Waals surface area contributed by atoms with Gasteiger partial charge in [-0.3, -0.25) is 15.0 Å². The number of rotatable bonds is 6. The summed E-state index contributed by atoms with van der Waals surface area (Å²) in [6, 6.07) is 5.25. The molecule has 1 fully saturated rings. The molecule has 2 aromatic rings. The van der Waals surface area contributed by atoms with Crippen LogP contribution in [0, 0.1) is 0 Å². The molecule has 3 amide bonds. The first-order valence-electron chi connectivity index (χ1n) is 8.13. The zero-order valence-corrected chi connectivity index (χ0v) is 15.6. The van der Waals surface area contributed by atoms with E-state index in [1.807, 2.05) is 22.8 Å². The van der Waals surface area contributed by atoms with Crippen LogP contribution < -0.4 is 10.2 Å². The summed E-state index contributed by atoms with van der Waals surface area (Å²) >= 11 is 0. The van der Waals surface area contributed by atoms with E-state index in [-0.39, 0.29) is 11.9 Å². The lowest BCUT2D eigenvalue weighted by molar-refractivity contribution is -0.120. The standard InChI is InChI=1S/C17H24N4O3S/c1-25(2,3)9-8-24-12-20-11-18-14-5-4-13(10-15(14)20)21-7-6-16(22)19-17(21)23/h4-5,10-11H,6-9,12H2,1-3H3,(H,19,22,23). The second-order valence-electron chi connectivity index (χ2n) is 6.97. The first-order valence-corrected chi connectivity index (χ1v) is 11.2. The molecule has 0 aliphatic carbocycles. The van der Waals surface area contributed by atoms with Crippen molar-refractivity contribution in [3.8, 4) is 0 Å². The molecule has 0 radical (unpaired) electrons. The Balaban J connectivity index is 1.73. The number of benzene rings is 1. The molecule has 3 rings (SSSR count). The second kappa shape index (κ2) is 7.05. The van der Waals surface area contributed by atoms with E-state index in [2.05, 4.69) is 29.1 Å². The number of carbonyl (C=O) groups is 2. The van der Waals surface area contributed by atoms with Crippen LogP contribution in [0.25, 0.3) is 11.0 Å². The molecule has 136 valence electrons. The van der Waals surface area contributed by atoms with Crippen LogP contribution in [0.3, 0.4) is 0 Å². The van der Waals surface area contributed by atoms with Gasteiger partial charge in [0.2, 0.25) is 5.91 Å². The maximum Gasteiger partial charge on any atom is 0.328 e. The average Bonchev–Trinajstić information content (AvgIpc) is 2.93. The zero-order chi connectivity index (χ0) is 18.0. The average molecular weight is 364 g/mol. The van der Waals surface area contributed by atoms with Crippen LogP contribution in [0.2, 0.25) is 0 Å². The number of hydrogen-bond acceptors (Lipinski definition) is 4. The minimum absolute atomic E-state index is 0.234. The summed E-state index contributed by atoms with van der Waals surface area (Å²) in [6.45, 7) is 1.53. The molecule has 1 aliphatic rings. The summed E-state index contributed by atoms with van der Waals surface area (Å²) in [5, 5.41) is 2.34. The Morgan fingerprint density at radius 1 is 1.28 bits per heavy atom. The molecule has 1 saturated heterocycles. The third-order valence-corrected chi connectivity index (χ3v) is 5.43. The highest BCUT2D eigenvalue weighted by molar-refractivity contribution is 8.32. The fraction of sp³-hybridized carbons (Fsp3) is 0.471. The van der Waals surface area contributed by atoms with Crippen LogP contribution in [-0.2, 0) is 16.3 Å². The largest absolute Gasteiger partial charge is 0.360 e. The lowest BCUT2D eigenvalue weighted by atomic mass is 10.2. The molecule has 7 nitrogen and oxygen atoms in total. The Bertz CT molecular complexity index is 797. The number of imidazole rings is 1. The van der Waals surface area contributed by atoms with Gasteiger partial charge in [-0.25, -0.2) is 19.8 Å². The van der Waals surface area contributed by atoms with E-state index in [9.17, 15) is 9.59 Å². The van der Waals surface area contributed by atoms with Crippen LogP contribution in [0.4, 0.5) is 10.5 Å². The van der Waals surface area contributed by atoms with Crippen molar-refractivity contribution in [1.29, 1.82) is 0 Å². The lowest BCUT2D eigenvalue weighted by Crippen LogP contribution is -2.49. The molecular weight excluding hydrogens is 340 g/mol. The normalized spacial score (nSPS) is 16.4. The van der Waals surface area contributed by atoms with E-state index >= 15 is 0 Å². The lowest BCUT2D eigenvalue weighted by Gasteiger charge is -2.26. The van der Waals surface area contributed by atoms with Gasteiger partial charge in [-0.15, -0.1) is 0 Å². The number of imide groups is 1. The number of amides is 3. The summed E-state index contributed by atoms with van der Waals surface area (Å²) in [7, 11) is -0.568. The number of anilines is 1. The van der Waals surface area contributed by atoms with Crippen molar-refractivity contribution in [2.75, 3.05) is 42.6 Å². The molecule has 1 aromatic carbocycles. The zero-order valence-electron chi connectivity index (χ0n) is 14.8. The van der Waals surface area contributed by atoms with Gasteiger partial charge in [0.25, 0.3) is 0 Å². The van der Waals surface area contributed by atoms with Crippen molar-refractivity contribution in [3.63, 3.8) is 0 Å². The third-order valence-electron chi connectivity index (χ3n) is 4.04. The molecule has 2 heterocycles. The number of urea groups is 1.